The van der Waals surface area contributed by atoms with Crippen LogP contribution in [-0.2, 0) is 15.7 Å². The summed E-state index contributed by atoms with van der Waals surface area (Å²) in [6.07, 6.45) is -3.66. The van der Waals surface area contributed by atoms with Gasteiger partial charge in [0.05, 0.1) is 23.8 Å². The summed E-state index contributed by atoms with van der Waals surface area (Å²) in [4.78, 5) is 9.76. The lowest BCUT2D eigenvalue weighted by molar-refractivity contribution is -0.137. The number of anilines is 1. The van der Waals surface area contributed by atoms with Gasteiger partial charge in [0.1, 0.15) is 5.60 Å². The Bertz CT molecular complexity index is 533. The molecule has 2 rings (SSSR count). The Labute approximate surface area is 127 Å². The van der Waals surface area contributed by atoms with Gasteiger partial charge in [0.25, 0.3) is 0 Å². The number of epoxide rings is 1. The monoisotopic (exact) mass is 316 g/mol. The van der Waals surface area contributed by atoms with Crippen LogP contribution in [0.1, 0.15) is 31.9 Å². The Hall–Kier alpha value is -2.07. The van der Waals surface area contributed by atoms with Crippen LogP contribution >= 0.6 is 0 Å². The third-order valence-corrected chi connectivity index (χ3v) is 2.58. The Kier molecular flexibility index (Phi) is 7.60. The molecule has 0 amide bonds. The highest BCUT2D eigenvalue weighted by molar-refractivity contribution is 5.65. The van der Waals surface area contributed by atoms with Gasteiger partial charge in [-0.2, -0.15) is 18.4 Å². The average molecular weight is 316 g/mol. The second-order valence-corrected chi connectivity index (χ2v) is 4.34. The van der Waals surface area contributed by atoms with Gasteiger partial charge in [0.15, 0.2) is 6.29 Å². The molecule has 1 fully saturated rings. The maximum atomic E-state index is 12.4. The van der Waals surface area contributed by atoms with Gasteiger partial charge in [-0.3, -0.25) is 0 Å². The van der Waals surface area contributed by atoms with E-state index in [-0.39, 0.29) is 11.2 Å². The topological polar surface area (TPSA) is 65.4 Å². The first kappa shape index (κ1) is 19.9. The van der Waals surface area contributed by atoms with Gasteiger partial charge in [0, 0.05) is 12.7 Å². The lowest BCUT2D eigenvalue weighted by Gasteiger charge is -2.10. The van der Waals surface area contributed by atoms with Gasteiger partial charge >= 0.3 is 6.18 Å². The summed E-state index contributed by atoms with van der Waals surface area (Å²) in [5.74, 6) is 0. The number of hydrogen-bond donors (Lipinski definition) is 1. The molecule has 7 heteroatoms. The summed E-state index contributed by atoms with van der Waals surface area (Å²) in [7, 11) is 1.52. The number of halogens is 3. The van der Waals surface area contributed by atoms with E-state index in [2.05, 4.69) is 10.1 Å². The molecule has 1 aliphatic rings. The highest BCUT2D eigenvalue weighted by atomic mass is 19.4. The number of rotatable bonds is 2. The zero-order valence-corrected chi connectivity index (χ0v) is 12.9. The van der Waals surface area contributed by atoms with Crippen LogP contribution in [0.15, 0.2) is 18.2 Å². The van der Waals surface area contributed by atoms with Crippen LogP contribution in [0.4, 0.5) is 18.9 Å². The molecule has 4 nitrogen and oxygen atoms in total. The minimum atomic E-state index is -4.49. The first-order valence-electron chi connectivity index (χ1n) is 6.65. The molecule has 1 aromatic rings. The van der Waals surface area contributed by atoms with Crippen molar-refractivity contribution in [2.45, 2.75) is 32.5 Å². The van der Waals surface area contributed by atoms with E-state index in [0.717, 1.165) is 18.4 Å². The Morgan fingerprint density at radius 2 is 1.95 bits per heavy atom. The summed E-state index contributed by atoms with van der Waals surface area (Å²) in [5.41, 5.74) is -1.33. The van der Waals surface area contributed by atoms with Crippen molar-refractivity contribution in [3.05, 3.63) is 29.3 Å². The second kappa shape index (κ2) is 8.39. The summed E-state index contributed by atoms with van der Waals surface area (Å²) in [5, 5.41) is 11.1. The molecule has 1 unspecified atom stereocenters. The van der Waals surface area contributed by atoms with Crippen LogP contribution in [0.2, 0.25) is 0 Å². The van der Waals surface area contributed by atoms with Crippen molar-refractivity contribution in [3.8, 4) is 6.07 Å². The van der Waals surface area contributed by atoms with E-state index in [9.17, 15) is 18.0 Å². The Balaban J connectivity index is 0.000000457. The molecule has 1 N–H and O–H groups in total. The number of nitrogens with zero attached hydrogens (tertiary/aromatic N) is 1. The summed E-state index contributed by atoms with van der Waals surface area (Å²) in [6, 6.07) is 4.99. The first-order valence-corrected chi connectivity index (χ1v) is 6.65. The number of carbonyl (C=O) groups excluding carboxylic acids is 1. The number of ether oxygens (including phenoxy) is 1. The highest BCUT2D eigenvalue weighted by Crippen LogP contribution is 2.33. The minimum absolute atomic E-state index is 0.330. The van der Waals surface area contributed by atoms with E-state index >= 15 is 0 Å². The SMILES string of the molecule is CC.CC1(C=O)CO1.CNc1ccc(C#N)c(C(F)(F)F)c1. The molecule has 122 valence electrons. The molecule has 22 heavy (non-hydrogen) atoms. The van der Waals surface area contributed by atoms with Crippen LogP contribution in [0, 0.1) is 11.3 Å². The second-order valence-electron chi connectivity index (χ2n) is 4.34. The third-order valence-electron chi connectivity index (χ3n) is 2.58. The van der Waals surface area contributed by atoms with Gasteiger partial charge in [-0.15, -0.1) is 0 Å². The molecule has 0 radical (unpaired) electrons. The summed E-state index contributed by atoms with van der Waals surface area (Å²) >= 11 is 0. The van der Waals surface area contributed by atoms with Crippen molar-refractivity contribution in [2.24, 2.45) is 0 Å². The van der Waals surface area contributed by atoms with Crippen molar-refractivity contribution >= 4 is 12.0 Å². The van der Waals surface area contributed by atoms with Crippen LogP contribution in [0.5, 0.6) is 0 Å². The molecule has 1 aliphatic heterocycles. The molecule has 0 aromatic heterocycles. The van der Waals surface area contributed by atoms with Crippen molar-refractivity contribution in [2.75, 3.05) is 19.0 Å². The van der Waals surface area contributed by atoms with Gasteiger partial charge in [-0.25, -0.2) is 0 Å². The fourth-order valence-electron chi connectivity index (χ4n) is 1.21. The number of carbonyl (C=O) groups is 1. The molecule has 1 heterocycles. The number of nitriles is 1. The molecular formula is C15H19F3N2O2. The summed E-state index contributed by atoms with van der Waals surface area (Å²) in [6.45, 7) is 6.37. The van der Waals surface area contributed by atoms with E-state index in [1.165, 1.54) is 19.2 Å². The first-order chi connectivity index (χ1) is 10.3. The van der Waals surface area contributed by atoms with E-state index in [4.69, 9.17) is 5.26 Å². The standard InChI is InChI=1S/C9H7F3N2.C4H6O2.C2H6/c1-14-7-3-2-6(5-13)8(4-7)9(10,11)12;1-4(2-5)3-6-4;1-2/h2-4,14H,1H3;2H,3H2,1H3;1-2H3. The normalized spacial score (nSPS) is 18.6. The van der Waals surface area contributed by atoms with Crippen LogP contribution in [0.3, 0.4) is 0 Å². The van der Waals surface area contributed by atoms with Crippen LogP contribution < -0.4 is 5.32 Å². The quantitative estimate of drug-likeness (QED) is 0.668. The predicted octanol–water partition coefficient (Wildman–Crippen LogP) is 3.62. The van der Waals surface area contributed by atoms with Crippen molar-refractivity contribution in [3.63, 3.8) is 0 Å². The molecule has 1 aromatic carbocycles. The molecule has 0 bridgehead atoms. The Morgan fingerprint density at radius 3 is 2.23 bits per heavy atom. The smallest absolute Gasteiger partial charge is 0.388 e. The zero-order chi connectivity index (χ0) is 17.4. The Morgan fingerprint density at radius 1 is 1.41 bits per heavy atom. The predicted molar refractivity (Wildman–Crippen MR) is 77.5 cm³/mol. The van der Waals surface area contributed by atoms with E-state index in [1.807, 2.05) is 13.8 Å². The number of aldehydes is 1. The van der Waals surface area contributed by atoms with Gasteiger partial charge < -0.3 is 14.8 Å². The molecule has 0 aliphatic carbocycles. The van der Waals surface area contributed by atoms with E-state index in [0.29, 0.717) is 12.3 Å². The number of hydrogen-bond acceptors (Lipinski definition) is 4. The highest BCUT2D eigenvalue weighted by Gasteiger charge is 2.38. The van der Waals surface area contributed by atoms with Gasteiger partial charge in [0.2, 0.25) is 0 Å². The van der Waals surface area contributed by atoms with E-state index in [1.54, 1.807) is 6.92 Å². The largest absolute Gasteiger partial charge is 0.417 e. The number of alkyl halides is 3. The van der Waals surface area contributed by atoms with Gasteiger partial charge in [-0.05, 0) is 25.1 Å². The number of nitrogens with one attached hydrogen (secondary N) is 1. The van der Waals surface area contributed by atoms with Crippen molar-refractivity contribution in [1.82, 2.24) is 0 Å². The maximum absolute atomic E-state index is 12.4. The fourth-order valence-corrected chi connectivity index (χ4v) is 1.21. The molecule has 0 saturated carbocycles. The third kappa shape index (κ3) is 6.14. The molecule has 0 spiro atoms. The van der Waals surface area contributed by atoms with Crippen LogP contribution in [0.25, 0.3) is 0 Å². The number of benzene rings is 1. The summed E-state index contributed by atoms with van der Waals surface area (Å²) < 4.78 is 41.8. The maximum Gasteiger partial charge on any atom is 0.417 e. The molecular weight excluding hydrogens is 297 g/mol. The fraction of sp³-hybridized carbons (Fsp3) is 0.467. The van der Waals surface area contributed by atoms with E-state index < -0.39 is 11.7 Å². The lowest BCUT2D eigenvalue weighted by Crippen LogP contribution is -2.08. The average Bonchev–Trinajstić information content (AvgIpc) is 3.27. The lowest BCUT2D eigenvalue weighted by atomic mass is 10.1. The van der Waals surface area contributed by atoms with Crippen molar-refractivity contribution < 1.29 is 22.7 Å². The van der Waals surface area contributed by atoms with Gasteiger partial charge in [-0.1, -0.05) is 13.8 Å². The minimum Gasteiger partial charge on any atom is -0.388 e. The zero-order valence-electron chi connectivity index (χ0n) is 12.9. The van der Waals surface area contributed by atoms with Crippen LogP contribution in [-0.4, -0.2) is 25.5 Å². The molecule has 1 saturated heterocycles. The van der Waals surface area contributed by atoms with Crippen molar-refractivity contribution in [1.29, 1.82) is 5.26 Å². The molecule has 1 atom stereocenters.